The Morgan fingerprint density at radius 3 is 2.61 bits per heavy atom. The number of carbonyl (C=O) groups excluding carboxylic acids is 1. The number of benzene rings is 2. The van der Waals surface area contributed by atoms with Gasteiger partial charge in [0.15, 0.2) is 5.69 Å². The number of nitrogens with zero attached hydrogens (tertiary/aromatic N) is 3. The minimum Gasteiger partial charge on any atom is -0.492 e. The molecule has 1 amide bonds. The van der Waals surface area contributed by atoms with Crippen LogP contribution < -0.4 is 10.1 Å². The van der Waals surface area contributed by atoms with Gasteiger partial charge in [-0.3, -0.25) is 14.9 Å². The molecular weight excluding hydrogens is 542 g/mol. The number of nitrogens with one attached hydrogen (secondary N) is 2. The maximum absolute atomic E-state index is 14.0. The molecule has 2 aliphatic rings. The molecule has 5 rings (SSSR count). The lowest BCUT2D eigenvalue weighted by molar-refractivity contribution is -0.141. The first-order valence-electron chi connectivity index (χ1n) is 13.4. The summed E-state index contributed by atoms with van der Waals surface area (Å²) in [6.07, 6.45) is -1.73. The van der Waals surface area contributed by atoms with Crippen LogP contribution in [0.15, 0.2) is 36.5 Å². The highest BCUT2D eigenvalue weighted by atomic mass is 19.4. The number of ether oxygens (including phenoxy) is 2. The first-order chi connectivity index (χ1) is 19.5. The van der Waals surface area contributed by atoms with Gasteiger partial charge in [0.1, 0.15) is 18.2 Å². The van der Waals surface area contributed by atoms with E-state index in [9.17, 15) is 22.4 Å². The fourth-order valence-corrected chi connectivity index (χ4v) is 5.14. The Kier molecular flexibility index (Phi) is 7.67. The van der Waals surface area contributed by atoms with E-state index in [1.807, 2.05) is 0 Å². The number of rotatable bonds is 9. The minimum atomic E-state index is -4.75. The van der Waals surface area contributed by atoms with Crippen LogP contribution >= 0.6 is 0 Å². The van der Waals surface area contributed by atoms with Crippen molar-refractivity contribution in [3.8, 4) is 16.9 Å². The van der Waals surface area contributed by atoms with Crippen LogP contribution in [0, 0.1) is 24.1 Å². The Morgan fingerprint density at radius 1 is 1.24 bits per heavy atom. The van der Waals surface area contributed by atoms with Gasteiger partial charge in [-0.05, 0) is 67.5 Å². The van der Waals surface area contributed by atoms with Gasteiger partial charge in [0.05, 0.1) is 24.8 Å². The molecule has 8 nitrogen and oxygen atoms in total. The van der Waals surface area contributed by atoms with Gasteiger partial charge in [0.25, 0.3) is 11.9 Å². The van der Waals surface area contributed by atoms with E-state index in [-0.39, 0.29) is 53.3 Å². The fourth-order valence-electron chi connectivity index (χ4n) is 5.14. The Labute approximate surface area is 234 Å². The standard InChI is InChI=1S/C29H31F4N5O3/c1-4-40-25-20(22-15-37(3)36-26(22)29(31,32)33)12-17(14-38-9-10-41-28(38)34)13-21(25)27(39)35-24(18-5-6-18)19-7-8-23(30)16(2)11-19/h7-8,11-13,15,18,24,34H,4-6,9-10,14H2,1-3H3,(H,35,39). The third-order valence-corrected chi connectivity index (χ3v) is 7.25. The Bertz CT molecular complexity index is 1480. The number of halogens is 4. The lowest BCUT2D eigenvalue weighted by Crippen LogP contribution is -2.31. The number of amidine groups is 1. The molecule has 1 aromatic heterocycles. The summed E-state index contributed by atoms with van der Waals surface area (Å²) < 4.78 is 68.3. The van der Waals surface area contributed by atoms with Gasteiger partial charge >= 0.3 is 6.18 Å². The van der Waals surface area contributed by atoms with Gasteiger partial charge in [-0.25, -0.2) is 4.39 Å². The lowest BCUT2D eigenvalue weighted by Gasteiger charge is -2.23. The normalized spacial score (nSPS) is 16.1. The predicted molar refractivity (Wildman–Crippen MR) is 143 cm³/mol. The number of hydrogen-bond acceptors (Lipinski definition) is 5. The molecule has 1 aliphatic carbocycles. The van der Waals surface area contributed by atoms with E-state index < -0.39 is 23.8 Å². The van der Waals surface area contributed by atoms with Gasteiger partial charge in [-0.15, -0.1) is 0 Å². The summed E-state index contributed by atoms with van der Waals surface area (Å²) in [6, 6.07) is 7.37. The van der Waals surface area contributed by atoms with Gasteiger partial charge in [-0.1, -0.05) is 12.1 Å². The van der Waals surface area contributed by atoms with Crippen molar-refractivity contribution in [3.05, 3.63) is 70.3 Å². The van der Waals surface area contributed by atoms with Crippen molar-refractivity contribution in [3.63, 3.8) is 0 Å². The molecule has 12 heteroatoms. The molecule has 3 aromatic rings. The van der Waals surface area contributed by atoms with Gasteiger partial charge in [0, 0.05) is 30.9 Å². The summed E-state index contributed by atoms with van der Waals surface area (Å²) in [5.41, 5.74) is 0.520. The second kappa shape index (κ2) is 11.1. The third-order valence-electron chi connectivity index (χ3n) is 7.25. The number of aryl methyl sites for hydroxylation is 2. The molecule has 0 radical (unpaired) electrons. The van der Waals surface area contributed by atoms with Crippen LogP contribution in [0.4, 0.5) is 17.6 Å². The first kappa shape index (κ1) is 28.4. The first-order valence-corrected chi connectivity index (χ1v) is 13.4. The summed E-state index contributed by atoms with van der Waals surface area (Å²) in [7, 11) is 1.39. The SMILES string of the molecule is CCOc1c(C(=O)NC(c2ccc(F)c(C)c2)C2CC2)cc(CN2CCOC2=N)cc1-c1cn(C)nc1C(F)(F)F. The summed E-state index contributed by atoms with van der Waals surface area (Å²) in [4.78, 5) is 15.6. The largest absolute Gasteiger partial charge is 0.492 e. The molecule has 1 atom stereocenters. The summed E-state index contributed by atoms with van der Waals surface area (Å²) >= 11 is 0. The second-order valence-electron chi connectivity index (χ2n) is 10.4. The molecule has 2 fully saturated rings. The maximum atomic E-state index is 14.0. The van der Waals surface area contributed by atoms with Gasteiger partial charge in [-0.2, -0.15) is 18.3 Å². The van der Waals surface area contributed by atoms with Crippen LogP contribution in [0.1, 0.15) is 58.5 Å². The van der Waals surface area contributed by atoms with E-state index >= 15 is 0 Å². The highest BCUT2D eigenvalue weighted by Gasteiger charge is 2.39. The van der Waals surface area contributed by atoms with E-state index in [0.717, 1.165) is 23.1 Å². The van der Waals surface area contributed by atoms with Crippen molar-refractivity contribution in [1.82, 2.24) is 20.0 Å². The molecule has 0 spiro atoms. The van der Waals surface area contributed by atoms with Crippen molar-refractivity contribution >= 4 is 11.9 Å². The predicted octanol–water partition coefficient (Wildman–Crippen LogP) is 5.60. The van der Waals surface area contributed by atoms with Crippen LogP contribution in [-0.4, -0.2) is 46.4 Å². The highest BCUT2D eigenvalue weighted by molar-refractivity contribution is 6.00. The molecular formula is C29H31F4N5O3. The quantitative estimate of drug-likeness (QED) is 0.325. The molecule has 1 saturated carbocycles. The maximum Gasteiger partial charge on any atom is 0.435 e. The zero-order valence-electron chi connectivity index (χ0n) is 22.9. The smallest absolute Gasteiger partial charge is 0.435 e. The Hall–Kier alpha value is -4.09. The van der Waals surface area contributed by atoms with E-state index in [0.29, 0.717) is 24.3 Å². The van der Waals surface area contributed by atoms with E-state index in [1.165, 1.54) is 19.3 Å². The summed E-state index contributed by atoms with van der Waals surface area (Å²) in [6.45, 7) is 4.32. The molecule has 41 heavy (non-hydrogen) atoms. The van der Waals surface area contributed by atoms with Crippen LogP contribution in [0.25, 0.3) is 11.1 Å². The van der Waals surface area contributed by atoms with Crippen LogP contribution in [0.2, 0.25) is 0 Å². The van der Waals surface area contributed by atoms with E-state index in [1.54, 1.807) is 43.0 Å². The van der Waals surface area contributed by atoms with Crippen LogP contribution in [0.5, 0.6) is 5.75 Å². The highest BCUT2D eigenvalue weighted by Crippen LogP contribution is 2.44. The molecule has 1 unspecified atom stereocenters. The monoisotopic (exact) mass is 573 g/mol. The third kappa shape index (κ3) is 6.01. The van der Waals surface area contributed by atoms with E-state index in [4.69, 9.17) is 14.9 Å². The summed E-state index contributed by atoms with van der Waals surface area (Å²) in [5, 5.41) is 14.7. The van der Waals surface area contributed by atoms with E-state index in [2.05, 4.69) is 10.4 Å². The molecule has 0 bridgehead atoms. The number of aromatic nitrogens is 2. The Morgan fingerprint density at radius 2 is 2.00 bits per heavy atom. The molecule has 2 heterocycles. The molecule has 1 saturated heterocycles. The zero-order valence-corrected chi connectivity index (χ0v) is 22.9. The van der Waals surface area contributed by atoms with Gasteiger partial charge < -0.3 is 19.7 Å². The van der Waals surface area contributed by atoms with Crippen molar-refractivity contribution in [2.45, 2.75) is 45.5 Å². The number of alkyl halides is 3. The lowest BCUT2D eigenvalue weighted by atomic mass is 9.96. The molecule has 1 aliphatic heterocycles. The molecule has 2 aromatic carbocycles. The van der Waals surface area contributed by atoms with Crippen molar-refractivity contribution in [2.75, 3.05) is 19.8 Å². The van der Waals surface area contributed by atoms with Gasteiger partial charge in [0.2, 0.25) is 0 Å². The number of hydrogen-bond donors (Lipinski definition) is 2. The minimum absolute atomic E-state index is 0.00447. The average Bonchev–Trinajstić information content (AvgIpc) is 3.56. The number of amides is 1. The Balaban J connectivity index is 1.62. The van der Waals surface area contributed by atoms with Crippen molar-refractivity contribution in [2.24, 2.45) is 13.0 Å². The molecule has 2 N–H and O–H groups in total. The van der Waals surface area contributed by atoms with Crippen molar-refractivity contribution < 1.29 is 31.8 Å². The summed E-state index contributed by atoms with van der Waals surface area (Å²) in [5.74, 6) is -0.719. The van der Waals surface area contributed by atoms with Crippen LogP contribution in [0.3, 0.4) is 0 Å². The van der Waals surface area contributed by atoms with Crippen LogP contribution in [-0.2, 0) is 24.5 Å². The topological polar surface area (TPSA) is 92.5 Å². The zero-order chi connectivity index (χ0) is 29.5. The fraction of sp³-hybridized carbons (Fsp3) is 0.414. The second-order valence-corrected chi connectivity index (χ2v) is 10.4. The molecule has 218 valence electrons. The average molecular weight is 574 g/mol. The van der Waals surface area contributed by atoms with Crippen molar-refractivity contribution in [1.29, 1.82) is 5.41 Å². The number of carbonyl (C=O) groups is 1.